The molecular formula is C24H21FN2O4. The predicted molar refractivity (Wildman–Crippen MR) is 112 cm³/mol. The highest BCUT2D eigenvalue weighted by Crippen LogP contribution is 2.56. The van der Waals surface area contributed by atoms with Gasteiger partial charge in [-0.25, -0.2) is 4.39 Å². The Morgan fingerprint density at radius 2 is 2.00 bits per heavy atom. The van der Waals surface area contributed by atoms with E-state index in [1.54, 1.807) is 49.6 Å². The molecule has 3 atom stereocenters. The van der Waals surface area contributed by atoms with Gasteiger partial charge in [0, 0.05) is 23.7 Å². The molecule has 0 saturated carbocycles. The zero-order chi connectivity index (χ0) is 21.8. The number of furan rings is 1. The molecule has 0 radical (unpaired) electrons. The molecular weight excluding hydrogens is 399 g/mol. The number of benzene rings is 2. The molecule has 158 valence electrons. The van der Waals surface area contributed by atoms with Gasteiger partial charge < -0.3 is 14.5 Å². The van der Waals surface area contributed by atoms with Gasteiger partial charge in [-0.1, -0.05) is 12.1 Å². The molecule has 0 aliphatic carbocycles. The van der Waals surface area contributed by atoms with E-state index in [1.807, 2.05) is 11.9 Å². The molecule has 2 aliphatic rings. The van der Waals surface area contributed by atoms with E-state index in [4.69, 9.17) is 9.15 Å². The molecule has 0 unspecified atom stereocenters. The number of ketones is 1. The van der Waals surface area contributed by atoms with Crippen molar-refractivity contribution in [3.8, 4) is 5.75 Å². The topological polar surface area (TPSA) is 71.8 Å². The van der Waals surface area contributed by atoms with E-state index in [9.17, 15) is 14.0 Å². The number of methoxy groups -OCH3 is 1. The van der Waals surface area contributed by atoms with Gasteiger partial charge in [-0.15, -0.1) is 0 Å². The van der Waals surface area contributed by atoms with Gasteiger partial charge in [0.15, 0.2) is 5.76 Å². The van der Waals surface area contributed by atoms with E-state index in [0.29, 0.717) is 23.5 Å². The lowest BCUT2D eigenvalue weighted by molar-refractivity contribution is -0.126. The number of hydrogen-bond donors (Lipinski definition) is 1. The first-order valence-electron chi connectivity index (χ1n) is 10.0. The maximum absolute atomic E-state index is 13.8. The summed E-state index contributed by atoms with van der Waals surface area (Å²) in [6.07, 6.45) is 1.44. The molecule has 1 N–H and O–H groups in total. The molecule has 2 aromatic carbocycles. The number of hydrogen-bond acceptors (Lipinski definition) is 5. The zero-order valence-electron chi connectivity index (χ0n) is 17.1. The summed E-state index contributed by atoms with van der Waals surface area (Å²) in [5.74, 6) is -1.23. The Morgan fingerprint density at radius 3 is 2.68 bits per heavy atom. The Hall–Kier alpha value is -3.45. The van der Waals surface area contributed by atoms with Crippen LogP contribution in [0.4, 0.5) is 10.1 Å². The quantitative estimate of drug-likeness (QED) is 0.650. The molecule has 31 heavy (non-hydrogen) atoms. The van der Waals surface area contributed by atoms with Crippen LogP contribution in [0.25, 0.3) is 0 Å². The number of carbonyl (C=O) groups is 2. The summed E-state index contributed by atoms with van der Waals surface area (Å²) in [5, 5.41) is 2.94. The number of nitrogens with zero attached hydrogens (tertiary/aromatic N) is 1. The van der Waals surface area contributed by atoms with E-state index >= 15 is 0 Å². The van der Waals surface area contributed by atoms with Crippen LogP contribution in [0.1, 0.15) is 27.6 Å². The van der Waals surface area contributed by atoms with Crippen molar-refractivity contribution in [1.82, 2.24) is 4.90 Å². The first-order chi connectivity index (χ1) is 15.0. The minimum Gasteiger partial charge on any atom is -0.497 e. The number of nitrogens with one attached hydrogen (secondary N) is 1. The van der Waals surface area contributed by atoms with Gasteiger partial charge in [-0.2, -0.15) is 0 Å². The molecule has 1 fully saturated rings. The molecule has 3 aromatic rings. The van der Waals surface area contributed by atoms with Gasteiger partial charge in [0.1, 0.15) is 17.1 Å². The number of halogens is 1. The highest BCUT2D eigenvalue weighted by Gasteiger charge is 2.64. The van der Waals surface area contributed by atoms with Gasteiger partial charge >= 0.3 is 0 Å². The smallest absolute Gasteiger partial charge is 0.250 e. The number of amides is 1. The largest absolute Gasteiger partial charge is 0.497 e. The normalized spacial score (nSPS) is 24.9. The summed E-state index contributed by atoms with van der Waals surface area (Å²) >= 11 is 0. The van der Waals surface area contributed by atoms with Gasteiger partial charge in [-0.3, -0.25) is 14.5 Å². The van der Waals surface area contributed by atoms with Gasteiger partial charge in [-0.05, 0) is 55.1 Å². The molecule has 7 heteroatoms. The average molecular weight is 420 g/mol. The van der Waals surface area contributed by atoms with Crippen molar-refractivity contribution in [3.05, 3.63) is 83.6 Å². The van der Waals surface area contributed by atoms with Crippen molar-refractivity contribution in [3.63, 3.8) is 0 Å². The molecule has 1 aromatic heterocycles. The summed E-state index contributed by atoms with van der Waals surface area (Å²) in [6.45, 7) is 0.437. The van der Waals surface area contributed by atoms with E-state index in [0.717, 1.165) is 5.56 Å². The lowest BCUT2D eigenvalue weighted by Crippen LogP contribution is -2.51. The van der Waals surface area contributed by atoms with Crippen molar-refractivity contribution in [2.45, 2.75) is 11.5 Å². The van der Waals surface area contributed by atoms with Crippen LogP contribution in [0.2, 0.25) is 0 Å². The van der Waals surface area contributed by atoms with E-state index < -0.39 is 11.5 Å². The third-order valence-corrected chi connectivity index (χ3v) is 6.50. The van der Waals surface area contributed by atoms with E-state index in [1.165, 1.54) is 18.4 Å². The first-order valence-corrected chi connectivity index (χ1v) is 10.0. The van der Waals surface area contributed by atoms with Crippen molar-refractivity contribution < 1.29 is 23.1 Å². The maximum atomic E-state index is 13.8. The van der Waals surface area contributed by atoms with Crippen LogP contribution >= 0.6 is 0 Å². The molecule has 1 spiro atoms. The second kappa shape index (κ2) is 7.06. The average Bonchev–Trinajstić information content (AvgIpc) is 3.47. The summed E-state index contributed by atoms with van der Waals surface area (Å²) in [4.78, 5) is 29.2. The number of likely N-dealkylation sites (N-methyl/N-ethyl adjacent to an activating group) is 1. The predicted octanol–water partition coefficient (Wildman–Crippen LogP) is 3.80. The Labute approximate surface area is 178 Å². The van der Waals surface area contributed by atoms with Crippen LogP contribution in [-0.4, -0.2) is 37.3 Å². The Bertz CT molecular complexity index is 1160. The highest BCUT2D eigenvalue weighted by atomic mass is 19.1. The molecule has 0 bridgehead atoms. The number of fused-ring (bicyclic) bond motifs is 2. The van der Waals surface area contributed by atoms with Crippen molar-refractivity contribution in [2.24, 2.45) is 5.92 Å². The van der Waals surface area contributed by atoms with Gasteiger partial charge in [0.05, 0.1) is 19.3 Å². The number of ether oxygens (including phenoxy) is 1. The van der Waals surface area contributed by atoms with Crippen LogP contribution in [0.5, 0.6) is 5.75 Å². The molecule has 6 nitrogen and oxygen atoms in total. The van der Waals surface area contributed by atoms with Crippen LogP contribution in [-0.2, 0) is 10.3 Å². The van der Waals surface area contributed by atoms with Crippen LogP contribution < -0.4 is 10.1 Å². The molecule has 3 heterocycles. The number of anilines is 1. The maximum Gasteiger partial charge on any atom is 0.250 e. The lowest BCUT2D eigenvalue weighted by atomic mass is 9.71. The van der Waals surface area contributed by atoms with Crippen molar-refractivity contribution >= 4 is 17.4 Å². The van der Waals surface area contributed by atoms with E-state index in [-0.39, 0.29) is 29.2 Å². The molecule has 1 saturated heterocycles. The highest BCUT2D eigenvalue weighted by molar-refractivity contribution is 6.11. The monoisotopic (exact) mass is 420 g/mol. The van der Waals surface area contributed by atoms with Crippen LogP contribution in [0.3, 0.4) is 0 Å². The van der Waals surface area contributed by atoms with Crippen LogP contribution in [0, 0.1) is 11.7 Å². The van der Waals surface area contributed by atoms with Gasteiger partial charge in [0.2, 0.25) is 11.7 Å². The summed E-state index contributed by atoms with van der Waals surface area (Å²) < 4.78 is 24.4. The number of likely N-dealkylation sites (tertiary alicyclic amines) is 1. The minimum atomic E-state index is -1.24. The van der Waals surface area contributed by atoms with E-state index in [2.05, 4.69) is 5.32 Å². The minimum absolute atomic E-state index is 0.191. The number of rotatable bonds is 4. The third kappa shape index (κ3) is 2.73. The van der Waals surface area contributed by atoms with Crippen molar-refractivity contribution in [2.75, 3.05) is 26.0 Å². The van der Waals surface area contributed by atoms with Gasteiger partial charge in [0.25, 0.3) is 0 Å². The lowest BCUT2D eigenvalue weighted by Gasteiger charge is -2.35. The second-order valence-corrected chi connectivity index (χ2v) is 7.99. The first kappa shape index (κ1) is 19.5. The number of Topliss-reactive ketones (excluding diaryl/α,β-unsaturated/α-hetero) is 1. The fraction of sp³-hybridized carbons (Fsp3) is 0.250. The fourth-order valence-electron chi connectivity index (χ4n) is 5.13. The Morgan fingerprint density at radius 1 is 1.23 bits per heavy atom. The second-order valence-electron chi connectivity index (χ2n) is 7.99. The fourth-order valence-corrected chi connectivity index (χ4v) is 5.13. The molecule has 5 rings (SSSR count). The molecule has 2 aliphatic heterocycles. The Kier molecular flexibility index (Phi) is 4.44. The summed E-state index contributed by atoms with van der Waals surface area (Å²) in [6, 6.07) is 14.7. The Balaban J connectivity index is 1.73. The van der Waals surface area contributed by atoms with Crippen LogP contribution in [0.15, 0.2) is 65.3 Å². The molecule has 1 amide bonds. The zero-order valence-corrected chi connectivity index (χ0v) is 17.1. The van der Waals surface area contributed by atoms with Crippen molar-refractivity contribution in [1.29, 1.82) is 0 Å². The third-order valence-electron chi connectivity index (χ3n) is 6.50. The standard InChI is InChI=1S/C24H21FN2O4/c1-27-13-17(14-5-7-15(25)8-6-14)21(22(28)20-4-3-11-31-20)24(27)18-12-16(30-2)9-10-19(18)26-23(24)29/h3-12,17,21H,13H2,1-2H3,(H,26,29)/t17-,21-,24+/m0/s1. The summed E-state index contributed by atoms with van der Waals surface area (Å²) in [7, 11) is 3.39. The number of carbonyl (C=O) groups excluding carboxylic acids is 2. The SMILES string of the molecule is COc1ccc2c(c1)[C@]1(C(=O)N2)[C@H](C(=O)c2ccco2)[C@H](c2ccc(F)cc2)CN1C. The summed E-state index contributed by atoms with van der Waals surface area (Å²) in [5.41, 5.74) is 0.884.